The summed E-state index contributed by atoms with van der Waals surface area (Å²) in [5.41, 5.74) is 11.6. The molecule has 0 bridgehead atoms. The third kappa shape index (κ3) is 4.60. The Labute approximate surface area is 319 Å². The average molecular weight is 724 g/mol. The van der Waals surface area contributed by atoms with Crippen LogP contribution in [0.25, 0.3) is 86.3 Å². The number of thiophene rings is 1. The highest BCUT2D eigenvalue weighted by Gasteiger charge is 2.41. The van der Waals surface area contributed by atoms with Gasteiger partial charge in [-0.1, -0.05) is 127 Å². The maximum Gasteiger partial charge on any atom is 0.291 e. The molecule has 258 valence electrons. The van der Waals surface area contributed by atoms with Gasteiger partial charge in [-0.2, -0.15) is 4.58 Å². The number of amidine groups is 1. The molecule has 0 saturated carbocycles. The molecule has 3 aromatic heterocycles. The highest BCUT2D eigenvalue weighted by atomic mass is 32.1. The Kier molecular flexibility index (Phi) is 6.53. The van der Waals surface area contributed by atoms with E-state index in [0.29, 0.717) is 0 Å². The number of para-hydroxylation sites is 3. The van der Waals surface area contributed by atoms with Crippen molar-refractivity contribution in [2.24, 2.45) is 0 Å². The van der Waals surface area contributed by atoms with Crippen molar-refractivity contribution in [1.82, 2.24) is 5.32 Å². The van der Waals surface area contributed by atoms with Crippen molar-refractivity contribution in [1.29, 1.82) is 0 Å². The van der Waals surface area contributed by atoms with Gasteiger partial charge < -0.3 is 8.83 Å². The number of furan rings is 2. The lowest BCUT2D eigenvalue weighted by Gasteiger charge is -2.29. The number of benzene rings is 8. The summed E-state index contributed by atoms with van der Waals surface area (Å²) in [7, 11) is 0. The van der Waals surface area contributed by atoms with Crippen LogP contribution in [0.2, 0.25) is 0 Å². The molecule has 1 aliphatic heterocycles. The first-order chi connectivity index (χ1) is 27.3. The van der Waals surface area contributed by atoms with E-state index in [0.717, 1.165) is 66.4 Å². The number of nitrogens with one attached hydrogen (secondary N) is 1. The van der Waals surface area contributed by atoms with E-state index in [4.69, 9.17) is 8.83 Å². The normalized spacial score (nSPS) is 14.4. The summed E-state index contributed by atoms with van der Waals surface area (Å²) < 4.78 is 18.0. The summed E-state index contributed by atoms with van der Waals surface area (Å²) in [6.07, 6.45) is 0.0583. The minimum atomic E-state index is 0.0583. The first kappa shape index (κ1) is 30.5. The smallest absolute Gasteiger partial charge is 0.291 e. The summed E-state index contributed by atoms with van der Waals surface area (Å²) in [5, 5.41) is 10.8. The molecule has 0 radical (unpaired) electrons. The number of hydrogen-bond acceptors (Lipinski definition) is 4. The quantitative estimate of drug-likeness (QED) is 0.180. The molecule has 8 aromatic carbocycles. The molecule has 4 heterocycles. The monoisotopic (exact) mass is 723 g/mol. The molecule has 1 unspecified atom stereocenters. The van der Waals surface area contributed by atoms with Crippen molar-refractivity contribution in [2.45, 2.75) is 6.17 Å². The fourth-order valence-electron chi connectivity index (χ4n) is 8.59. The highest BCUT2D eigenvalue weighted by molar-refractivity contribution is 7.26. The van der Waals surface area contributed by atoms with Gasteiger partial charge in [0.05, 0.1) is 10.3 Å². The van der Waals surface area contributed by atoms with Crippen molar-refractivity contribution in [2.75, 3.05) is 0 Å². The van der Waals surface area contributed by atoms with E-state index in [1.165, 1.54) is 42.6 Å². The van der Waals surface area contributed by atoms with Gasteiger partial charge in [0.25, 0.3) is 12.0 Å². The lowest BCUT2D eigenvalue weighted by Crippen LogP contribution is -2.51. The van der Waals surface area contributed by atoms with E-state index in [9.17, 15) is 0 Å². The largest absolute Gasteiger partial charge is 0.456 e. The fourth-order valence-corrected chi connectivity index (χ4v) is 9.94. The van der Waals surface area contributed by atoms with Crippen LogP contribution in [-0.2, 0) is 0 Å². The molecule has 1 aliphatic rings. The predicted octanol–water partition coefficient (Wildman–Crippen LogP) is 13.6. The van der Waals surface area contributed by atoms with E-state index in [1.54, 1.807) is 0 Å². The second kappa shape index (κ2) is 11.8. The topological polar surface area (TPSA) is 41.3 Å². The minimum absolute atomic E-state index is 0.0583. The van der Waals surface area contributed by atoms with Crippen LogP contribution in [0.3, 0.4) is 0 Å². The van der Waals surface area contributed by atoms with Gasteiger partial charge in [0.1, 0.15) is 28.0 Å². The molecule has 1 atom stereocenters. The van der Waals surface area contributed by atoms with Gasteiger partial charge >= 0.3 is 0 Å². The number of nitrogens with zero attached hydrogens (tertiary/aromatic N) is 1. The Hall–Kier alpha value is -6.95. The maximum absolute atomic E-state index is 6.77. The molecule has 55 heavy (non-hydrogen) atoms. The summed E-state index contributed by atoms with van der Waals surface area (Å²) in [6, 6.07) is 62.5. The van der Waals surface area contributed by atoms with Crippen LogP contribution < -0.4 is 5.32 Å². The molecule has 4 nitrogen and oxygen atoms in total. The third-order valence-corrected chi connectivity index (χ3v) is 12.5. The zero-order valence-electron chi connectivity index (χ0n) is 29.5. The molecular formula is C50H31N2O2S+. The Morgan fingerprint density at radius 3 is 1.78 bits per heavy atom. The maximum atomic E-state index is 6.77. The highest BCUT2D eigenvalue weighted by Crippen LogP contribution is 2.44. The molecule has 0 spiro atoms. The Balaban J connectivity index is 0.986. The van der Waals surface area contributed by atoms with Crippen LogP contribution in [-0.4, -0.2) is 10.4 Å². The van der Waals surface area contributed by atoms with Crippen LogP contribution in [0.1, 0.15) is 17.3 Å². The van der Waals surface area contributed by atoms with E-state index >= 15 is 0 Å². The zero-order chi connectivity index (χ0) is 36.0. The van der Waals surface area contributed by atoms with Crippen molar-refractivity contribution in [3.8, 4) is 22.3 Å². The average Bonchev–Trinajstić information content (AvgIpc) is 3.92. The zero-order valence-corrected chi connectivity index (χ0v) is 30.3. The Bertz CT molecular complexity index is 3350. The second-order valence-corrected chi connectivity index (χ2v) is 15.3. The molecule has 0 aliphatic carbocycles. The summed E-state index contributed by atoms with van der Waals surface area (Å²) in [6.45, 7) is 0. The van der Waals surface area contributed by atoms with Crippen LogP contribution >= 0.6 is 11.3 Å². The molecule has 12 rings (SSSR count). The van der Waals surface area contributed by atoms with E-state index < -0.39 is 0 Å². The Morgan fingerprint density at radius 2 is 1.00 bits per heavy atom. The first-order valence-corrected chi connectivity index (χ1v) is 19.4. The molecular weight excluding hydrogens is 693 g/mol. The van der Waals surface area contributed by atoms with Crippen molar-refractivity contribution < 1.29 is 13.4 Å². The standard InChI is InChI=1S/C50H30N2O2S/c1-3-12-30(13-4-1)49-51-50(52(49)33-14-5-2-6-15-33)42-22-11-21-41-40-20-10-18-35(47(40)55-48(41)42)32-25-27-38-39-19-9-17-34(46(39)54-45(38)29-32)31-24-26-37-36-16-7-8-23-43(36)53-44(37)28-31/h1-29,49H/p+1. The van der Waals surface area contributed by atoms with Crippen molar-refractivity contribution in [3.05, 3.63) is 187 Å². The SMILES string of the molecule is c1ccc(C2NC(c3cccc4c3sc3c(-c5ccc6c(c5)oc5c(-c7ccc8c(c7)oc7ccccc78)cccc56)cccc34)=[N+]2c2ccccc2)cc1. The lowest BCUT2D eigenvalue weighted by atomic mass is 9.99. The summed E-state index contributed by atoms with van der Waals surface area (Å²) in [5.74, 6) is 1.12. The molecule has 11 aromatic rings. The number of hydrogen-bond donors (Lipinski definition) is 1. The van der Waals surface area contributed by atoms with Crippen molar-refractivity contribution >= 4 is 86.9 Å². The van der Waals surface area contributed by atoms with E-state index in [1.807, 2.05) is 23.5 Å². The van der Waals surface area contributed by atoms with E-state index in [2.05, 4.69) is 174 Å². The molecule has 0 amide bonds. The lowest BCUT2D eigenvalue weighted by molar-refractivity contribution is -0.531. The van der Waals surface area contributed by atoms with Gasteiger partial charge in [-0.05, 0) is 65.2 Å². The molecule has 0 saturated heterocycles. The van der Waals surface area contributed by atoms with Gasteiger partial charge in [-0.25, -0.2) is 5.32 Å². The third-order valence-electron chi connectivity index (χ3n) is 11.2. The van der Waals surface area contributed by atoms with Crippen LogP contribution in [0.5, 0.6) is 0 Å². The first-order valence-electron chi connectivity index (χ1n) is 18.6. The van der Waals surface area contributed by atoms with Crippen LogP contribution in [0, 0.1) is 0 Å². The summed E-state index contributed by atoms with van der Waals surface area (Å²) in [4.78, 5) is 0. The van der Waals surface area contributed by atoms with Crippen molar-refractivity contribution in [3.63, 3.8) is 0 Å². The van der Waals surface area contributed by atoms with Crippen LogP contribution in [0.15, 0.2) is 185 Å². The predicted molar refractivity (Wildman–Crippen MR) is 228 cm³/mol. The van der Waals surface area contributed by atoms with Gasteiger partial charge in [0.2, 0.25) is 0 Å². The molecule has 1 N–H and O–H groups in total. The van der Waals surface area contributed by atoms with Gasteiger partial charge in [0, 0.05) is 48.1 Å². The van der Waals surface area contributed by atoms with E-state index in [-0.39, 0.29) is 6.17 Å². The minimum Gasteiger partial charge on any atom is -0.456 e. The van der Waals surface area contributed by atoms with Gasteiger partial charge in [-0.15, -0.1) is 11.3 Å². The number of rotatable bonds is 5. The molecule has 5 heteroatoms. The van der Waals surface area contributed by atoms with Gasteiger partial charge in [-0.3, -0.25) is 0 Å². The summed E-state index contributed by atoms with van der Waals surface area (Å²) >= 11 is 1.87. The molecule has 0 fully saturated rings. The Morgan fingerprint density at radius 1 is 0.436 bits per heavy atom. The second-order valence-electron chi connectivity index (χ2n) is 14.3. The fraction of sp³-hybridized carbons (Fsp3) is 0.0200. The van der Waals surface area contributed by atoms with Crippen LogP contribution in [0.4, 0.5) is 5.69 Å². The van der Waals surface area contributed by atoms with Gasteiger partial charge in [0.15, 0.2) is 0 Å². The number of fused-ring (bicyclic) bond motifs is 9.